The molecule has 0 bridgehead atoms. The normalized spacial score (nSPS) is 17.1. The zero-order valence-electron chi connectivity index (χ0n) is 21.0. The van der Waals surface area contributed by atoms with Crippen LogP contribution in [-0.2, 0) is 19.5 Å². The number of carbonyl (C=O) groups excluding carboxylic acids is 1. The van der Waals surface area contributed by atoms with Crippen molar-refractivity contribution in [2.45, 2.75) is 71.4 Å². The van der Waals surface area contributed by atoms with E-state index in [1.807, 2.05) is 18.2 Å². The van der Waals surface area contributed by atoms with E-state index in [0.717, 1.165) is 50.0 Å². The smallest absolute Gasteiger partial charge is 0.162 e. The highest BCUT2D eigenvalue weighted by Gasteiger charge is 2.21. The maximum atomic E-state index is 13.2. The molecule has 0 aromatic heterocycles. The third-order valence-corrected chi connectivity index (χ3v) is 7.48. The first-order valence-electron chi connectivity index (χ1n) is 12.9. The Morgan fingerprint density at radius 3 is 2.43 bits per heavy atom. The van der Waals surface area contributed by atoms with Crippen LogP contribution in [0.4, 0.5) is 4.39 Å². The number of piperidine rings is 1. The van der Waals surface area contributed by atoms with E-state index in [4.69, 9.17) is 0 Å². The van der Waals surface area contributed by atoms with Crippen LogP contribution in [-0.4, -0.2) is 41.8 Å². The highest BCUT2D eigenvalue weighted by Crippen LogP contribution is 2.25. The van der Waals surface area contributed by atoms with Gasteiger partial charge in [0.15, 0.2) is 5.78 Å². The molecular formula is C29H41Cl2FN2O. The van der Waals surface area contributed by atoms with E-state index in [-0.39, 0.29) is 30.6 Å². The van der Waals surface area contributed by atoms with Gasteiger partial charge in [-0.25, -0.2) is 4.39 Å². The molecule has 0 amide bonds. The minimum Gasteiger partial charge on any atom is -0.303 e. The van der Waals surface area contributed by atoms with Gasteiger partial charge < -0.3 is 4.90 Å². The lowest BCUT2D eigenvalue weighted by atomic mass is 9.89. The Kier molecular flexibility index (Phi) is 12.7. The Bertz CT molecular complexity index is 913. The van der Waals surface area contributed by atoms with E-state index >= 15 is 0 Å². The summed E-state index contributed by atoms with van der Waals surface area (Å²) in [5.74, 6) is 0.796. The second-order valence-electron chi connectivity index (χ2n) is 10.0. The third-order valence-electron chi connectivity index (χ3n) is 7.48. The number of unbranched alkanes of at least 4 members (excludes halogenated alkanes) is 1. The van der Waals surface area contributed by atoms with Crippen LogP contribution >= 0.6 is 24.8 Å². The minimum atomic E-state index is -0.190. The summed E-state index contributed by atoms with van der Waals surface area (Å²) in [6.45, 7) is 8.56. The second-order valence-corrected chi connectivity index (χ2v) is 10.0. The van der Waals surface area contributed by atoms with Gasteiger partial charge in [-0.2, -0.15) is 0 Å². The lowest BCUT2D eigenvalue weighted by molar-refractivity contribution is 0.0962. The summed E-state index contributed by atoms with van der Waals surface area (Å²) < 4.78 is 13.2. The summed E-state index contributed by atoms with van der Waals surface area (Å²) in [6, 6.07) is 13.2. The van der Waals surface area contributed by atoms with Crippen molar-refractivity contribution in [3.05, 3.63) is 70.5 Å². The van der Waals surface area contributed by atoms with E-state index < -0.39 is 0 Å². The molecule has 1 saturated heterocycles. The fourth-order valence-electron chi connectivity index (χ4n) is 5.35. The fraction of sp³-hybridized carbons (Fsp3) is 0.552. The van der Waals surface area contributed by atoms with Gasteiger partial charge in [0.05, 0.1) is 0 Å². The largest absolute Gasteiger partial charge is 0.303 e. The Morgan fingerprint density at radius 1 is 0.971 bits per heavy atom. The average Bonchev–Trinajstić information content (AvgIpc) is 3.04. The molecule has 4 rings (SSSR count). The van der Waals surface area contributed by atoms with Crippen molar-refractivity contribution in [3.8, 4) is 0 Å². The van der Waals surface area contributed by atoms with Crippen molar-refractivity contribution in [2.75, 3.05) is 26.2 Å². The summed E-state index contributed by atoms with van der Waals surface area (Å²) in [5.41, 5.74) is 4.66. The van der Waals surface area contributed by atoms with Gasteiger partial charge in [-0.3, -0.25) is 9.69 Å². The first kappa shape index (κ1) is 29.8. The number of fused-ring (bicyclic) bond motifs is 1. The van der Waals surface area contributed by atoms with Crippen LogP contribution in [0.2, 0.25) is 0 Å². The number of aryl methyl sites for hydroxylation is 1. The van der Waals surface area contributed by atoms with Crippen LogP contribution in [0, 0.1) is 11.7 Å². The first-order chi connectivity index (χ1) is 16.1. The van der Waals surface area contributed by atoms with Crippen LogP contribution in [0.1, 0.15) is 78.9 Å². The van der Waals surface area contributed by atoms with E-state index in [1.54, 1.807) is 0 Å². The molecule has 1 fully saturated rings. The van der Waals surface area contributed by atoms with Gasteiger partial charge >= 0.3 is 0 Å². The number of Topliss-reactive ketones (excluding diaryl/α,β-unsaturated/α-hetero) is 1. The van der Waals surface area contributed by atoms with Crippen LogP contribution < -0.4 is 0 Å². The van der Waals surface area contributed by atoms with Crippen LogP contribution in [0.3, 0.4) is 0 Å². The number of likely N-dealkylation sites (tertiary alicyclic amines) is 1. The molecular weight excluding hydrogens is 482 g/mol. The van der Waals surface area contributed by atoms with Crippen molar-refractivity contribution in [3.63, 3.8) is 0 Å². The lowest BCUT2D eigenvalue weighted by Crippen LogP contribution is -2.34. The SMILES string of the molecule is CCCCN1CCC(CCC(=O)c2ccc3c(c2)CN(Cc2ccc(F)cc2)CCC3)CC1.Cl.Cl. The fourth-order valence-corrected chi connectivity index (χ4v) is 5.35. The topological polar surface area (TPSA) is 23.6 Å². The first-order valence-corrected chi connectivity index (χ1v) is 12.9. The molecule has 2 aliphatic heterocycles. The summed E-state index contributed by atoms with van der Waals surface area (Å²) >= 11 is 0. The van der Waals surface area contributed by atoms with Gasteiger partial charge in [-0.15, -0.1) is 24.8 Å². The lowest BCUT2D eigenvalue weighted by Gasteiger charge is -2.31. The number of benzene rings is 2. The zero-order chi connectivity index (χ0) is 23.0. The second kappa shape index (κ2) is 14.9. The zero-order valence-corrected chi connectivity index (χ0v) is 22.6. The molecule has 0 saturated carbocycles. The van der Waals surface area contributed by atoms with Gasteiger partial charge in [-0.1, -0.05) is 37.6 Å². The Morgan fingerprint density at radius 2 is 1.71 bits per heavy atom. The van der Waals surface area contributed by atoms with Crippen LogP contribution in [0.25, 0.3) is 0 Å². The Labute approximate surface area is 223 Å². The van der Waals surface area contributed by atoms with Gasteiger partial charge in [0, 0.05) is 25.1 Å². The number of hydrogen-bond donors (Lipinski definition) is 0. The molecule has 2 aliphatic rings. The standard InChI is InChI=1S/C29H39FN2O.2ClH/c1-2-3-16-31-18-14-23(15-19-31)8-13-29(33)26-10-9-25-5-4-17-32(22-27(25)20-26)21-24-6-11-28(30)12-7-24;;/h6-7,9-12,20,23H,2-5,8,13-19,21-22H2,1H3;2*1H. The van der Waals surface area contributed by atoms with Gasteiger partial charge in [0.25, 0.3) is 0 Å². The summed E-state index contributed by atoms with van der Waals surface area (Å²) in [6.07, 6.45) is 8.88. The molecule has 0 N–H and O–H groups in total. The molecule has 194 valence electrons. The number of rotatable bonds is 9. The predicted octanol–water partition coefficient (Wildman–Crippen LogP) is 7.09. The maximum absolute atomic E-state index is 13.2. The van der Waals surface area contributed by atoms with E-state index in [9.17, 15) is 9.18 Å². The molecule has 35 heavy (non-hydrogen) atoms. The van der Waals surface area contributed by atoms with Gasteiger partial charge in [-0.05, 0) is 106 Å². The van der Waals surface area contributed by atoms with E-state index in [0.29, 0.717) is 18.1 Å². The molecule has 0 radical (unpaired) electrons. The summed E-state index contributed by atoms with van der Waals surface area (Å²) in [4.78, 5) is 18.0. The molecule has 0 atom stereocenters. The van der Waals surface area contributed by atoms with E-state index in [2.05, 4.69) is 28.9 Å². The molecule has 0 unspecified atom stereocenters. The van der Waals surface area contributed by atoms with Crippen molar-refractivity contribution in [1.82, 2.24) is 9.80 Å². The molecule has 3 nitrogen and oxygen atoms in total. The van der Waals surface area contributed by atoms with Crippen molar-refractivity contribution < 1.29 is 9.18 Å². The Hall–Kier alpha value is -1.46. The van der Waals surface area contributed by atoms with Crippen molar-refractivity contribution in [2.24, 2.45) is 5.92 Å². The molecule has 2 aromatic rings. The summed E-state index contributed by atoms with van der Waals surface area (Å²) in [7, 11) is 0. The quantitative estimate of drug-likeness (QED) is 0.328. The van der Waals surface area contributed by atoms with Crippen LogP contribution in [0.5, 0.6) is 0 Å². The van der Waals surface area contributed by atoms with E-state index in [1.165, 1.54) is 68.6 Å². The number of hydrogen-bond acceptors (Lipinski definition) is 3. The monoisotopic (exact) mass is 522 g/mol. The molecule has 2 heterocycles. The van der Waals surface area contributed by atoms with Gasteiger partial charge in [0.1, 0.15) is 5.82 Å². The molecule has 0 spiro atoms. The highest BCUT2D eigenvalue weighted by molar-refractivity contribution is 5.96. The molecule has 0 aliphatic carbocycles. The third kappa shape index (κ3) is 8.86. The van der Waals surface area contributed by atoms with Gasteiger partial charge in [0.2, 0.25) is 0 Å². The highest BCUT2D eigenvalue weighted by atomic mass is 35.5. The minimum absolute atomic E-state index is 0. The number of carbonyl (C=O) groups is 1. The molecule has 2 aromatic carbocycles. The number of ketones is 1. The number of halogens is 3. The van der Waals surface area contributed by atoms with Crippen molar-refractivity contribution >= 4 is 30.6 Å². The Balaban J connectivity index is 0.00000216. The predicted molar refractivity (Wildman–Crippen MR) is 147 cm³/mol. The summed E-state index contributed by atoms with van der Waals surface area (Å²) in [5, 5.41) is 0. The van der Waals surface area contributed by atoms with Crippen LogP contribution in [0.15, 0.2) is 42.5 Å². The van der Waals surface area contributed by atoms with Crippen molar-refractivity contribution in [1.29, 1.82) is 0 Å². The average molecular weight is 524 g/mol. The molecule has 6 heteroatoms. The number of nitrogens with zero attached hydrogens (tertiary/aromatic N) is 2. The maximum Gasteiger partial charge on any atom is 0.162 e.